The van der Waals surface area contributed by atoms with E-state index in [0.29, 0.717) is 38.3 Å². The van der Waals surface area contributed by atoms with Gasteiger partial charge in [0.25, 0.3) is 10.0 Å². The molecule has 0 bridgehead atoms. The van der Waals surface area contributed by atoms with Crippen molar-refractivity contribution in [3.8, 4) is 0 Å². The normalized spacial score (nSPS) is 19.0. The van der Waals surface area contributed by atoms with Crippen molar-refractivity contribution in [2.75, 3.05) is 13.1 Å². The number of sulfonamides is 1. The zero-order valence-electron chi connectivity index (χ0n) is 12.2. The fourth-order valence-corrected chi connectivity index (χ4v) is 3.99. The van der Waals surface area contributed by atoms with Crippen LogP contribution >= 0.6 is 0 Å². The first-order valence-corrected chi connectivity index (χ1v) is 8.35. The van der Waals surface area contributed by atoms with Gasteiger partial charge < -0.3 is 15.5 Å². The fourth-order valence-electron chi connectivity index (χ4n) is 2.53. The van der Waals surface area contributed by atoms with Crippen LogP contribution in [0.15, 0.2) is 16.4 Å². The molecule has 21 heavy (non-hydrogen) atoms. The van der Waals surface area contributed by atoms with E-state index in [9.17, 15) is 8.42 Å². The Morgan fingerprint density at radius 2 is 2.14 bits per heavy atom. The maximum atomic E-state index is 12.6. The topological polar surface area (TPSA) is 114 Å². The highest BCUT2D eigenvalue weighted by Gasteiger charge is 2.32. The Bertz CT molecular complexity index is 629. The quantitative estimate of drug-likeness (QED) is 0.360. The van der Waals surface area contributed by atoms with E-state index in [0.717, 1.165) is 0 Å². The van der Waals surface area contributed by atoms with E-state index >= 15 is 0 Å². The van der Waals surface area contributed by atoms with Crippen molar-refractivity contribution in [2.45, 2.75) is 38.3 Å². The van der Waals surface area contributed by atoms with E-state index in [1.165, 1.54) is 4.31 Å². The lowest BCUT2D eigenvalue weighted by Crippen LogP contribution is -2.41. The summed E-state index contributed by atoms with van der Waals surface area (Å²) in [6.45, 7) is 5.10. The largest absolute Gasteiger partial charge is 0.409 e. The number of oxime groups is 1. The van der Waals surface area contributed by atoms with E-state index in [1.807, 2.05) is 6.92 Å². The summed E-state index contributed by atoms with van der Waals surface area (Å²) in [6, 6.07) is 0. The Kier molecular flexibility index (Phi) is 4.52. The molecule has 0 atom stereocenters. The Morgan fingerprint density at radius 3 is 2.62 bits per heavy atom. The monoisotopic (exact) mass is 315 g/mol. The van der Waals surface area contributed by atoms with Gasteiger partial charge in [-0.25, -0.2) is 13.4 Å². The SMILES string of the molecule is CCn1cc(S(=O)(=O)N2CCC(C(N)=NO)CC2)nc1C. The van der Waals surface area contributed by atoms with E-state index in [2.05, 4.69) is 10.1 Å². The first kappa shape index (κ1) is 15.8. The molecule has 9 heteroatoms. The Balaban J connectivity index is 2.14. The minimum atomic E-state index is -3.57. The van der Waals surface area contributed by atoms with Crippen LogP contribution in [0.4, 0.5) is 0 Å². The first-order chi connectivity index (χ1) is 9.90. The van der Waals surface area contributed by atoms with Crippen LogP contribution in [0.2, 0.25) is 0 Å². The lowest BCUT2D eigenvalue weighted by atomic mass is 9.97. The average molecular weight is 315 g/mol. The second-order valence-electron chi connectivity index (χ2n) is 5.12. The van der Waals surface area contributed by atoms with Gasteiger partial charge >= 0.3 is 0 Å². The lowest BCUT2D eigenvalue weighted by molar-refractivity contribution is 0.290. The van der Waals surface area contributed by atoms with Crippen molar-refractivity contribution in [1.82, 2.24) is 13.9 Å². The second kappa shape index (κ2) is 6.02. The van der Waals surface area contributed by atoms with E-state index in [4.69, 9.17) is 10.9 Å². The van der Waals surface area contributed by atoms with Gasteiger partial charge in [0.1, 0.15) is 11.7 Å². The highest BCUT2D eigenvalue weighted by atomic mass is 32.2. The van der Waals surface area contributed by atoms with Gasteiger partial charge in [-0.2, -0.15) is 4.31 Å². The van der Waals surface area contributed by atoms with Crippen LogP contribution in [0.3, 0.4) is 0 Å². The summed E-state index contributed by atoms with van der Waals surface area (Å²) in [5, 5.41) is 11.8. The molecule has 0 aliphatic carbocycles. The smallest absolute Gasteiger partial charge is 0.262 e. The third-order valence-corrected chi connectivity index (χ3v) is 5.66. The highest BCUT2D eigenvalue weighted by molar-refractivity contribution is 7.89. The predicted octanol–water partition coefficient (Wildman–Crippen LogP) is 0.359. The van der Waals surface area contributed by atoms with Crippen LogP contribution in [0.25, 0.3) is 0 Å². The Labute approximate surface area is 124 Å². The molecule has 0 unspecified atom stereocenters. The van der Waals surface area contributed by atoms with Crippen LogP contribution in [0, 0.1) is 12.8 Å². The molecule has 118 valence electrons. The van der Waals surface area contributed by atoms with Crippen molar-refractivity contribution in [3.05, 3.63) is 12.0 Å². The second-order valence-corrected chi connectivity index (χ2v) is 7.00. The van der Waals surface area contributed by atoms with Crippen LogP contribution in [0.5, 0.6) is 0 Å². The molecule has 1 aliphatic rings. The molecule has 0 amide bonds. The lowest BCUT2D eigenvalue weighted by Gasteiger charge is -2.29. The van der Waals surface area contributed by atoms with Gasteiger partial charge in [0, 0.05) is 31.7 Å². The molecule has 1 aromatic heterocycles. The highest BCUT2D eigenvalue weighted by Crippen LogP contribution is 2.23. The molecule has 2 rings (SSSR count). The molecule has 1 aromatic rings. The summed E-state index contributed by atoms with van der Waals surface area (Å²) >= 11 is 0. The number of hydrogen-bond donors (Lipinski definition) is 2. The molecule has 2 heterocycles. The molecule has 1 fully saturated rings. The van der Waals surface area contributed by atoms with Crippen molar-refractivity contribution in [2.24, 2.45) is 16.8 Å². The Hall–Kier alpha value is -1.61. The fraction of sp³-hybridized carbons (Fsp3) is 0.667. The molecular weight excluding hydrogens is 294 g/mol. The summed E-state index contributed by atoms with van der Waals surface area (Å²) in [6.07, 6.45) is 2.66. The number of nitrogens with zero attached hydrogens (tertiary/aromatic N) is 4. The van der Waals surface area contributed by atoms with Crippen LogP contribution in [-0.4, -0.2) is 46.4 Å². The summed E-state index contributed by atoms with van der Waals surface area (Å²) < 4.78 is 28.3. The Morgan fingerprint density at radius 1 is 1.52 bits per heavy atom. The third kappa shape index (κ3) is 3.03. The number of rotatable bonds is 4. The molecular formula is C12H21N5O3S. The predicted molar refractivity (Wildman–Crippen MR) is 77.5 cm³/mol. The van der Waals surface area contributed by atoms with Crippen molar-refractivity contribution < 1.29 is 13.6 Å². The number of nitrogens with two attached hydrogens (primary N) is 1. The summed E-state index contributed by atoms with van der Waals surface area (Å²) in [7, 11) is -3.57. The zero-order chi connectivity index (χ0) is 15.6. The molecule has 8 nitrogen and oxygen atoms in total. The van der Waals surface area contributed by atoms with E-state index < -0.39 is 10.0 Å². The van der Waals surface area contributed by atoms with Gasteiger partial charge in [0.15, 0.2) is 5.03 Å². The van der Waals surface area contributed by atoms with Gasteiger partial charge in [0.05, 0.1) is 0 Å². The van der Waals surface area contributed by atoms with Crippen molar-refractivity contribution in [1.29, 1.82) is 0 Å². The van der Waals surface area contributed by atoms with Crippen LogP contribution in [-0.2, 0) is 16.6 Å². The number of hydrogen-bond acceptors (Lipinski definition) is 5. The van der Waals surface area contributed by atoms with Crippen LogP contribution < -0.4 is 5.73 Å². The molecule has 0 radical (unpaired) electrons. The average Bonchev–Trinajstić information content (AvgIpc) is 2.88. The van der Waals surface area contributed by atoms with Gasteiger partial charge in [-0.3, -0.25) is 0 Å². The molecule has 0 spiro atoms. The number of aryl methyl sites for hydroxylation is 2. The maximum absolute atomic E-state index is 12.6. The number of imidazole rings is 1. The van der Waals surface area contributed by atoms with Gasteiger partial charge in [0.2, 0.25) is 0 Å². The molecule has 3 N–H and O–H groups in total. The first-order valence-electron chi connectivity index (χ1n) is 6.91. The van der Waals surface area contributed by atoms with E-state index in [-0.39, 0.29) is 16.8 Å². The standard InChI is InChI=1S/C12H21N5O3S/c1-3-16-8-11(14-9(16)2)21(19,20)17-6-4-10(5-7-17)12(13)15-18/h8,10,18H,3-7H2,1-2H3,(H2,13,15). The van der Waals surface area contributed by atoms with E-state index in [1.54, 1.807) is 17.7 Å². The molecule has 1 saturated heterocycles. The zero-order valence-corrected chi connectivity index (χ0v) is 13.0. The summed E-state index contributed by atoms with van der Waals surface area (Å²) in [5.74, 6) is 0.775. The number of amidine groups is 1. The minimum Gasteiger partial charge on any atom is -0.409 e. The van der Waals surface area contributed by atoms with Gasteiger partial charge in [-0.05, 0) is 26.7 Å². The van der Waals surface area contributed by atoms with Crippen molar-refractivity contribution in [3.63, 3.8) is 0 Å². The minimum absolute atomic E-state index is 0.0728. The summed E-state index contributed by atoms with van der Waals surface area (Å²) in [4.78, 5) is 4.14. The molecule has 0 aromatic carbocycles. The van der Waals surface area contributed by atoms with Gasteiger partial charge in [-0.15, -0.1) is 0 Å². The summed E-state index contributed by atoms with van der Waals surface area (Å²) in [5.41, 5.74) is 5.57. The third-order valence-electron chi connectivity index (χ3n) is 3.89. The van der Waals surface area contributed by atoms with Crippen molar-refractivity contribution >= 4 is 15.9 Å². The number of piperidine rings is 1. The molecule has 0 saturated carbocycles. The van der Waals surface area contributed by atoms with Crippen LogP contribution in [0.1, 0.15) is 25.6 Å². The number of aromatic nitrogens is 2. The maximum Gasteiger partial charge on any atom is 0.262 e. The van der Waals surface area contributed by atoms with Gasteiger partial charge in [-0.1, -0.05) is 5.16 Å². The molecule has 1 aliphatic heterocycles.